The molecule has 0 fully saturated rings. The van der Waals surface area contributed by atoms with Crippen molar-refractivity contribution in [3.63, 3.8) is 0 Å². The average Bonchev–Trinajstić information content (AvgIpc) is 3.01. The highest BCUT2D eigenvalue weighted by molar-refractivity contribution is 7.98. The quantitative estimate of drug-likeness (QED) is 0.221. The van der Waals surface area contributed by atoms with Gasteiger partial charge in [0.1, 0.15) is 6.04 Å². The zero-order valence-electron chi connectivity index (χ0n) is 25.9. The molecular weight excluding hydrogens is 542 g/mol. The molecule has 0 saturated heterocycles. The van der Waals surface area contributed by atoms with Crippen molar-refractivity contribution in [1.82, 2.24) is 5.32 Å². The smallest absolute Gasteiger partial charge is 0.326 e. The molecule has 2 atom stereocenters. The second-order valence-electron chi connectivity index (χ2n) is 11.0. The molecule has 0 spiro atoms. The third-order valence-electron chi connectivity index (χ3n) is 7.82. The number of carboxylic acid groups (broad SMARTS) is 1. The van der Waals surface area contributed by atoms with Gasteiger partial charge in [0.2, 0.25) is 0 Å². The molecule has 3 aromatic rings. The molecule has 1 amide bonds. The number of fused-ring (bicyclic) bond motifs is 1. The Morgan fingerprint density at radius 2 is 1.67 bits per heavy atom. The van der Waals surface area contributed by atoms with Crippen LogP contribution in [0, 0.1) is 6.92 Å². The average molecular weight is 590 g/mol. The van der Waals surface area contributed by atoms with Gasteiger partial charge in [-0.1, -0.05) is 75.2 Å². The summed E-state index contributed by atoms with van der Waals surface area (Å²) in [5, 5.41) is 12.3. The first-order valence-corrected chi connectivity index (χ1v) is 16.6. The SMILES string of the molecule is CCCC.CSCCC(NC(=O)c1ccc(COC(C)c2ccc3c(c2)CCCC3)cc1-c1ccccc1C)C(=O)O. The van der Waals surface area contributed by atoms with Gasteiger partial charge in [0, 0.05) is 5.56 Å². The van der Waals surface area contributed by atoms with Gasteiger partial charge in [-0.15, -0.1) is 0 Å². The number of aryl methyl sites for hydroxylation is 3. The zero-order chi connectivity index (χ0) is 30.5. The predicted molar refractivity (Wildman–Crippen MR) is 175 cm³/mol. The topological polar surface area (TPSA) is 75.6 Å². The predicted octanol–water partition coefficient (Wildman–Crippen LogP) is 8.56. The van der Waals surface area contributed by atoms with Gasteiger partial charge in [0.25, 0.3) is 5.91 Å². The molecule has 0 heterocycles. The molecule has 5 nitrogen and oxygen atoms in total. The third kappa shape index (κ3) is 9.47. The lowest BCUT2D eigenvalue weighted by Gasteiger charge is -2.20. The molecule has 2 N–H and O–H groups in total. The van der Waals surface area contributed by atoms with E-state index in [2.05, 4.69) is 44.3 Å². The van der Waals surface area contributed by atoms with Crippen molar-refractivity contribution in [2.45, 2.75) is 91.4 Å². The van der Waals surface area contributed by atoms with Gasteiger partial charge in [0.15, 0.2) is 0 Å². The summed E-state index contributed by atoms with van der Waals surface area (Å²) >= 11 is 1.56. The van der Waals surface area contributed by atoms with E-state index in [0.29, 0.717) is 24.3 Å². The van der Waals surface area contributed by atoms with Crippen molar-refractivity contribution in [2.24, 2.45) is 0 Å². The van der Waals surface area contributed by atoms with Crippen LogP contribution in [0.2, 0.25) is 0 Å². The lowest BCUT2D eigenvalue weighted by molar-refractivity contribution is -0.139. The van der Waals surface area contributed by atoms with E-state index in [1.807, 2.05) is 49.6 Å². The van der Waals surface area contributed by atoms with Crippen LogP contribution in [0.25, 0.3) is 11.1 Å². The van der Waals surface area contributed by atoms with E-state index in [9.17, 15) is 14.7 Å². The van der Waals surface area contributed by atoms with Gasteiger partial charge in [0.05, 0.1) is 12.7 Å². The number of hydrogen-bond acceptors (Lipinski definition) is 4. The number of carbonyl (C=O) groups is 2. The lowest BCUT2D eigenvalue weighted by Crippen LogP contribution is -2.41. The number of nitrogens with one attached hydrogen (secondary N) is 1. The monoisotopic (exact) mass is 589 g/mol. The molecule has 0 aromatic heterocycles. The number of carbonyl (C=O) groups excluding carboxylic acids is 1. The molecule has 0 bridgehead atoms. The van der Waals surface area contributed by atoms with Crippen molar-refractivity contribution < 1.29 is 19.4 Å². The summed E-state index contributed by atoms with van der Waals surface area (Å²) < 4.78 is 6.29. The van der Waals surface area contributed by atoms with Crippen LogP contribution in [0.15, 0.2) is 60.7 Å². The highest BCUT2D eigenvalue weighted by Gasteiger charge is 2.23. The Hall–Kier alpha value is -3.09. The summed E-state index contributed by atoms with van der Waals surface area (Å²) in [5.74, 6) is -0.752. The number of hydrogen-bond donors (Lipinski definition) is 2. The first-order chi connectivity index (χ1) is 20.3. The van der Waals surface area contributed by atoms with Crippen molar-refractivity contribution in [2.75, 3.05) is 12.0 Å². The first-order valence-electron chi connectivity index (χ1n) is 15.2. The van der Waals surface area contributed by atoms with Crippen LogP contribution in [0.1, 0.15) is 97.2 Å². The third-order valence-corrected chi connectivity index (χ3v) is 8.46. The van der Waals surface area contributed by atoms with Gasteiger partial charge in [-0.05, 0) is 109 Å². The molecule has 0 radical (unpaired) electrons. The Balaban J connectivity index is 0.00000114. The molecule has 3 aromatic carbocycles. The fraction of sp³-hybridized carbons (Fsp3) is 0.444. The Morgan fingerprint density at radius 1 is 0.952 bits per heavy atom. The number of aliphatic carboxylic acids is 1. The van der Waals surface area contributed by atoms with Crippen LogP contribution in [0.4, 0.5) is 0 Å². The van der Waals surface area contributed by atoms with Gasteiger partial charge in [-0.3, -0.25) is 4.79 Å². The molecule has 0 aliphatic heterocycles. The van der Waals surface area contributed by atoms with E-state index in [1.54, 1.807) is 17.8 Å². The molecule has 42 heavy (non-hydrogen) atoms. The maximum atomic E-state index is 13.3. The molecule has 2 unspecified atom stereocenters. The summed E-state index contributed by atoms with van der Waals surface area (Å²) in [6.07, 6.45) is 9.69. The maximum absolute atomic E-state index is 13.3. The first kappa shape index (κ1) is 33.4. The molecular formula is C36H47NO4S. The van der Waals surface area contributed by atoms with E-state index >= 15 is 0 Å². The van der Waals surface area contributed by atoms with Crippen molar-refractivity contribution in [3.8, 4) is 11.1 Å². The standard InChI is InChI=1S/C32H37NO4S.C4H10/c1-21-8-4-7-11-27(21)29-18-23(12-15-28(29)31(34)33-30(32(35)36)16-17-38-3)20-37-22(2)25-14-13-24-9-5-6-10-26(24)19-25;1-3-4-2/h4,7-8,11-15,18-19,22,30H,5-6,9-10,16-17,20H2,1-3H3,(H,33,34)(H,35,36);3-4H2,1-2H3. The Bertz CT molecular complexity index is 1320. The number of thioether (sulfide) groups is 1. The molecule has 6 heteroatoms. The summed E-state index contributed by atoms with van der Waals surface area (Å²) in [6.45, 7) is 8.86. The summed E-state index contributed by atoms with van der Waals surface area (Å²) in [6, 6.07) is 19.4. The minimum absolute atomic E-state index is 0.0557. The fourth-order valence-electron chi connectivity index (χ4n) is 5.03. The fourth-order valence-corrected chi connectivity index (χ4v) is 5.50. The number of carboxylic acids is 1. The van der Waals surface area contributed by atoms with Crippen LogP contribution in [0.3, 0.4) is 0 Å². The summed E-state index contributed by atoms with van der Waals surface area (Å²) in [5.41, 5.74) is 8.27. The van der Waals surface area contributed by atoms with E-state index in [4.69, 9.17) is 4.74 Å². The van der Waals surface area contributed by atoms with Crippen LogP contribution in [-0.2, 0) is 29.0 Å². The minimum Gasteiger partial charge on any atom is -0.480 e. The van der Waals surface area contributed by atoms with Gasteiger partial charge in [-0.25, -0.2) is 4.79 Å². The van der Waals surface area contributed by atoms with Crippen molar-refractivity contribution in [3.05, 3.63) is 94.0 Å². The molecule has 4 rings (SSSR count). The van der Waals surface area contributed by atoms with Crippen molar-refractivity contribution in [1.29, 1.82) is 0 Å². The van der Waals surface area contributed by atoms with E-state index in [0.717, 1.165) is 35.1 Å². The molecule has 0 saturated carbocycles. The Kier molecular flexibility index (Phi) is 13.6. The number of benzene rings is 3. The highest BCUT2D eigenvalue weighted by Crippen LogP contribution is 2.30. The second kappa shape index (κ2) is 17.1. The van der Waals surface area contributed by atoms with E-state index in [-0.39, 0.29) is 12.0 Å². The van der Waals surface area contributed by atoms with Crippen LogP contribution < -0.4 is 5.32 Å². The maximum Gasteiger partial charge on any atom is 0.326 e. The number of unbranched alkanes of at least 4 members (excludes halogenated alkanes) is 1. The largest absolute Gasteiger partial charge is 0.480 e. The van der Waals surface area contributed by atoms with E-state index in [1.165, 1.54) is 42.4 Å². The minimum atomic E-state index is -1.02. The molecule has 1 aliphatic rings. The lowest BCUT2D eigenvalue weighted by atomic mass is 9.89. The van der Waals surface area contributed by atoms with Crippen molar-refractivity contribution >= 4 is 23.6 Å². The number of rotatable bonds is 12. The normalized spacial score (nSPS) is 13.7. The number of amides is 1. The Morgan fingerprint density at radius 3 is 2.33 bits per heavy atom. The van der Waals surface area contributed by atoms with Gasteiger partial charge < -0.3 is 15.2 Å². The second-order valence-corrected chi connectivity index (χ2v) is 12.0. The molecule has 226 valence electrons. The van der Waals surface area contributed by atoms with Gasteiger partial charge in [-0.2, -0.15) is 11.8 Å². The van der Waals surface area contributed by atoms with Crippen LogP contribution in [-0.4, -0.2) is 35.0 Å². The zero-order valence-corrected chi connectivity index (χ0v) is 26.7. The van der Waals surface area contributed by atoms with Gasteiger partial charge >= 0.3 is 5.97 Å². The van der Waals surface area contributed by atoms with Crippen LogP contribution in [0.5, 0.6) is 0 Å². The number of ether oxygens (including phenoxy) is 1. The van der Waals surface area contributed by atoms with E-state index < -0.39 is 12.0 Å². The summed E-state index contributed by atoms with van der Waals surface area (Å²) in [7, 11) is 0. The highest BCUT2D eigenvalue weighted by atomic mass is 32.2. The molecule has 1 aliphatic carbocycles. The van der Waals surface area contributed by atoms with Crippen LogP contribution >= 0.6 is 11.8 Å². The summed E-state index contributed by atoms with van der Waals surface area (Å²) in [4.78, 5) is 25.0. The Labute approximate surface area is 256 Å².